The Balaban J connectivity index is 0.000000182. The average molecular weight is 546 g/mol. The van der Waals surface area contributed by atoms with Gasteiger partial charge in [0.15, 0.2) is 8.38 Å². The molecule has 4 aromatic rings. The van der Waals surface area contributed by atoms with E-state index in [0.717, 1.165) is 8.95 Å². The molecule has 0 unspecified atom stereocenters. The van der Waals surface area contributed by atoms with Gasteiger partial charge in [-0.25, -0.2) is 0 Å². The minimum absolute atomic E-state index is 1.12. The molecule has 0 atom stereocenters. The molecule has 30 heavy (non-hydrogen) atoms. The first-order valence-corrected chi connectivity index (χ1v) is 12.5. The Morgan fingerprint density at radius 2 is 0.700 bits per heavy atom. The van der Waals surface area contributed by atoms with Gasteiger partial charge in [-0.15, -0.1) is 0 Å². The van der Waals surface area contributed by atoms with Gasteiger partial charge in [0.05, 0.1) is 0 Å². The molecule has 0 saturated heterocycles. The molecule has 0 aliphatic heterocycles. The van der Waals surface area contributed by atoms with Gasteiger partial charge in [0.2, 0.25) is 0 Å². The van der Waals surface area contributed by atoms with Crippen LogP contribution >= 0.6 is 40.2 Å². The first kappa shape index (κ1) is 24.5. The summed E-state index contributed by atoms with van der Waals surface area (Å²) in [4.78, 5) is 15.4. The molecular formula is C25H23Br2O2P. The third-order valence-corrected chi connectivity index (χ3v) is 4.96. The summed E-state index contributed by atoms with van der Waals surface area (Å²) in [6.07, 6.45) is 0. The van der Waals surface area contributed by atoms with Gasteiger partial charge in [0.1, 0.15) is 0 Å². The summed E-state index contributed by atoms with van der Waals surface area (Å²) in [7, 11) is -1.62. The van der Waals surface area contributed by atoms with Crippen LogP contribution in [0, 0.1) is 0 Å². The van der Waals surface area contributed by atoms with E-state index in [1.54, 1.807) is 0 Å². The van der Waals surface area contributed by atoms with Gasteiger partial charge in [-0.1, -0.05) is 117 Å². The summed E-state index contributed by atoms with van der Waals surface area (Å²) >= 11 is 6.84. The number of hydrogen-bond donors (Lipinski definition) is 2. The van der Waals surface area contributed by atoms with Crippen LogP contribution in [0.3, 0.4) is 0 Å². The van der Waals surface area contributed by atoms with Crippen molar-refractivity contribution in [2.75, 3.05) is 6.66 Å². The monoisotopic (exact) mass is 544 g/mol. The van der Waals surface area contributed by atoms with E-state index in [9.17, 15) is 0 Å². The Hall–Kier alpha value is -1.81. The highest BCUT2D eigenvalue weighted by Gasteiger charge is 1.95. The van der Waals surface area contributed by atoms with Crippen LogP contribution in [0.4, 0.5) is 0 Å². The Morgan fingerprint density at radius 3 is 0.967 bits per heavy atom. The average Bonchev–Trinajstić information content (AvgIpc) is 2.76. The summed E-state index contributed by atoms with van der Waals surface area (Å²) in [6, 6.07) is 37.4. The highest BCUT2D eigenvalue weighted by molar-refractivity contribution is 9.10. The lowest BCUT2D eigenvalue weighted by atomic mass is 10.1. The second-order valence-electron chi connectivity index (χ2n) is 6.24. The van der Waals surface area contributed by atoms with Crippen LogP contribution in [0.1, 0.15) is 0 Å². The van der Waals surface area contributed by atoms with E-state index < -0.39 is 8.38 Å². The van der Waals surface area contributed by atoms with Gasteiger partial charge in [0, 0.05) is 15.6 Å². The van der Waals surface area contributed by atoms with Crippen molar-refractivity contribution in [1.82, 2.24) is 0 Å². The molecule has 0 aliphatic carbocycles. The van der Waals surface area contributed by atoms with Crippen molar-refractivity contribution in [3.05, 3.63) is 118 Å². The zero-order chi connectivity index (χ0) is 21.8. The van der Waals surface area contributed by atoms with Crippen molar-refractivity contribution in [3.8, 4) is 22.3 Å². The number of benzene rings is 4. The zero-order valence-corrected chi connectivity index (χ0v) is 20.6. The van der Waals surface area contributed by atoms with Gasteiger partial charge >= 0.3 is 0 Å². The molecule has 4 rings (SSSR count). The highest BCUT2D eigenvalue weighted by Crippen LogP contribution is 2.21. The molecule has 0 amide bonds. The fourth-order valence-corrected chi connectivity index (χ4v) is 3.07. The summed E-state index contributed by atoms with van der Waals surface area (Å²) in [5.74, 6) is 0. The quantitative estimate of drug-likeness (QED) is 0.249. The molecule has 0 heterocycles. The second-order valence-corrected chi connectivity index (χ2v) is 9.05. The van der Waals surface area contributed by atoms with Gasteiger partial charge in [0.25, 0.3) is 0 Å². The Bertz CT molecular complexity index is 891. The fourth-order valence-electron chi connectivity index (χ4n) is 2.55. The largest absolute Gasteiger partial charge is 0.350 e. The molecule has 4 aromatic carbocycles. The van der Waals surface area contributed by atoms with Crippen molar-refractivity contribution in [3.63, 3.8) is 0 Å². The number of rotatable bonds is 2. The SMILES string of the molecule is Brc1ccc(-c2ccccc2)cc1.Brc1ccc(-c2ccccc2)cc1.CP(O)O. The first-order chi connectivity index (χ1) is 14.5. The molecule has 0 aliphatic rings. The highest BCUT2D eigenvalue weighted by atomic mass is 79.9. The number of hydrogen-bond acceptors (Lipinski definition) is 2. The van der Waals surface area contributed by atoms with E-state index in [2.05, 4.69) is 129 Å². The number of halogens is 2. The lowest BCUT2D eigenvalue weighted by Crippen LogP contribution is -1.75. The van der Waals surface area contributed by atoms with Crippen LogP contribution in [0.25, 0.3) is 22.3 Å². The van der Waals surface area contributed by atoms with Gasteiger partial charge < -0.3 is 9.79 Å². The van der Waals surface area contributed by atoms with Crippen LogP contribution < -0.4 is 0 Å². The minimum Gasteiger partial charge on any atom is -0.350 e. The van der Waals surface area contributed by atoms with Gasteiger partial charge in [-0.2, -0.15) is 0 Å². The van der Waals surface area contributed by atoms with E-state index in [0.29, 0.717) is 0 Å². The predicted molar refractivity (Wildman–Crippen MR) is 136 cm³/mol. The molecule has 0 radical (unpaired) electrons. The van der Waals surface area contributed by atoms with Crippen LogP contribution in [0.2, 0.25) is 0 Å². The van der Waals surface area contributed by atoms with Crippen LogP contribution in [-0.4, -0.2) is 16.5 Å². The molecule has 5 heteroatoms. The van der Waals surface area contributed by atoms with E-state index >= 15 is 0 Å². The lowest BCUT2D eigenvalue weighted by molar-refractivity contribution is 0.491. The molecule has 2 nitrogen and oxygen atoms in total. The maximum absolute atomic E-state index is 7.68. The fraction of sp³-hybridized carbons (Fsp3) is 0.0400. The van der Waals surface area contributed by atoms with Crippen molar-refractivity contribution in [2.45, 2.75) is 0 Å². The maximum atomic E-state index is 7.68. The van der Waals surface area contributed by atoms with Crippen molar-refractivity contribution < 1.29 is 9.79 Å². The van der Waals surface area contributed by atoms with Crippen LogP contribution in [0.5, 0.6) is 0 Å². The summed E-state index contributed by atoms with van der Waals surface area (Å²) in [5, 5.41) is 0. The second kappa shape index (κ2) is 13.5. The molecule has 0 saturated carbocycles. The Labute approximate surface area is 196 Å². The predicted octanol–water partition coefficient (Wildman–Crippen LogP) is 8.14. The third-order valence-electron chi connectivity index (χ3n) is 3.90. The molecule has 0 fully saturated rings. The summed E-state index contributed by atoms with van der Waals surface area (Å²) in [5.41, 5.74) is 5.03. The smallest absolute Gasteiger partial charge is 0.161 e. The van der Waals surface area contributed by atoms with Gasteiger partial charge in [-0.05, 0) is 46.5 Å². The van der Waals surface area contributed by atoms with E-state index in [1.165, 1.54) is 28.9 Å². The van der Waals surface area contributed by atoms with E-state index in [4.69, 9.17) is 9.79 Å². The van der Waals surface area contributed by atoms with Crippen molar-refractivity contribution in [1.29, 1.82) is 0 Å². The van der Waals surface area contributed by atoms with Crippen LogP contribution in [-0.2, 0) is 0 Å². The van der Waals surface area contributed by atoms with Gasteiger partial charge in [-0.3, -0.25) is 0 Å². The third kappa shape index (κ3) is 9.34. The molecule has 154 valence electrons. The maximum Gasteiger partial charge on any atom is 0.161 e. The first-order valence-electron chi connectivity index (χ1n) is 9.19. The summed E-state index contributed by atoms with van der Waals surface area (Å²) in [6.45, 7) is 1.34. The molecule has 2 N–H and O–H groups in total. The van der Waals surface area contributed by atoms with Crippen molar-refractivity contribution >= 4 is 40.2 Å². The van der Waals surface area contributed by atoms with Crippen LogP contribution in [0.15, 0.2) is 118 Å². The molecule has 0 spiro atoms. The zero-order valence-electron chi connectivity index (χ0n) is 16.5. The Kier molecular flexibility index (Phi) is 11.0. The summed E-state index contributed by atoms with van der Waals surface area (Å²) < 4.78 is 2.24. The topological polar surface area (TPSA) is 40.5 Å². The molecular weight excluding hydrogens is 523 g/mol. The van der Waals surface area contributed by atoms with E-state index in [-0.39, 0.29) is 0 Å². The lowest BCUT2D eigenvalue weighted by Gasteiger charge is -2.00. The van der Waals surface area contributed by atoms with E-state index in [1.807, 2.05) is 12.1 Å². The molecule has 0 aromatic heterocycles. The standard InChI is InChI=1S/2C12H9Br.CH5O2P/c2*13-12-8-6-11(7-9-12)10-4-2-1-3-5-10;1-4(2)3/h2*1-9H;2-3H,1H3. The Morgan fingerprint density at radius 1 is 0.467 bits per heavy atom. The minimum atomic E-state index is -1.62. The van der Waals surface area contributed by atoms with Crippen molar-refractivity contribution in [2.24, 2.45) is 0 Å². The normalized spacial score (nSPS) is 9.80. The molecule has 0 bridgehead atoms.